The van der Waals surface area contributed by atoms with Gasteiger partial charge in [-0.05, 0) is 23.8 Å². The number of rotatable bonds is 3. The highest BCUT2D eigenvalue weighted by Gasteiger charge is 2.22. The van der Waals surface area contributed by atoms with Crippen molar-refractivity contribution < 1.29 is 8.78 Å². The largest absolute Gasteiger partial charge is 0.398 e. The molecule has 0 spiro atoms. The quantitative estimate of drug-likeness (QED) is 0.443. The fourth-order valence-corrected chi connectivity index (χ4v) is 1.89. The van der Waals surface area contributed by atoms with Crippen molar-refractivity contribution in [1.82, 2.24) is 5.43 Å². The predicted octanol–water partition coefficient (Wildman–Crippen LogP) is 2.10. The van der Waals surface area contributed by atoms with Gasteiger partial charge in [0.25, 0.3) is 0 Å². The Labute approximate surface area is 103 Å². The van der Waals surface area contributed by atoms with Crippen molar-refractivity contribution in [1.29, 1.82) is 0 Å². The molecule has 0 amide bonds. The summed E-state index contributed by atoms with van der Waals surface area (Å²) in [5, 5.41) is 0. The van der Waals surface area contributed by atoms with E-state index in [2.05, 4.69) is 5.43 Å². The Morgan fingerprint density at radius 1 is 0.944 bits per heavy atom. The van der Waals surface area contributed by atoms with E-state index in [0.717, 1.165) is 0 Å². The molecule has 0 saturated heterocycles. The summed E-state index contributed by atoms with van der Waals surface area (Å²) in [6, 6.07) is 9.63. The van der Waals surface area contributed by atoms with Crippen molar-refractivity contribution in [2.45, 2.75) is 6.04 Å². The molecule has 18 heavy (non-hydrogen) atoms. The van der Waals surface area contributed by atoms with Gasteiger partial charge in [-0.15, -0.1) is 0 Å². The van der Waals surface area contributed by atoms with Gasteiger partial charge in [0.15, 0.2) is 0 Å². The fraction of sp³-hybridized carbons (Fsp3) is 0.0769. The Hall–Kier alpha value is -1.98. The van der Waals surface area contributed by atoms with Crippen molar-refractivity contribution in [2.24, 2.45) is 5.84 Å². The van der Waals surface area contributed by atoms with Crippen molar-refractivity contribution >= 4 is 5.69 Å². The van der Waals surface area contributed by atoms with E-state index < -0.39 is 17.7 Å². The van der Waals surface area contributed by atoms with E-state index in [1.807, 2.05) is 0 Å². The summed E-state index contributed by atoms with van der Waals surface area (Å²) in [4.78, 5) is 0. The van der Waals surface area contributed by atoms with Crippen LogP contribution in [-0.4, -0.2) is 0 Å². The van der Waals surface area contributed by atoms with E-state index in [-0.39, 0.29) is 5.56 Å². The van der Waals surface area contributed by atoms with Crippen molar-refractivity contribution in [3.05, 3.63) is 65.2 Å². The normalized spacial score (nSPS) is 12.4. The molecule has 5 heteroatoms. The van der Waals surface area contributed by atoms with E-state index in [9.17, 15) is 8.78 Å². The molecule has 94 valence electrons. The van der Waals surface area contributed by atoms with E-state index >= 15 is 0 Å². The number of nitrogen functional groups attached to an aromatic ring is 1. The van der Waals surface area contributed by atoms with Crippen LogP contribution in [0.1, 0.15) is 17.2 Å². The topological polar surface area (TPSA) is 64.1 Å². The second-order valence-corrected chi connectivity index (χ2v) is 3.86. The van der Waals surface area contributed by atoms with Crippen LogP contribution in [0.4, 0.5) is 14.5 Å². The molecule has 2 rings (SSSR count). The molecule has 0 aromatic heterocycles. The molecule has 1 atom stereocenters. The van der Waals surface area contributed by atoms with Crippen LogP contribution in [0.2, 0.25) is 0 Å². The fourth-order valence-electron chi connectivity index (χ4n) is 1.89. The Balaban J connectivity index is 2.56. The summed E-state index contributed by atoms with van der Waals surface area (Å²) in [6.45, 7) is 0. The van der Waals surface area contributed by atoms with Gasteiger partial charge in [-0.3, -0.25) is 5.84 Å². The number of hydrazine groups is 1. The predicted molar refractivity (Wildman–Crippen MR) is 66.4 cm³/mol. The summed E-state index contributed by atoms with van der Waals surface area (Å²) < 4.78 is 27.5. The van der Waals surface area contributed by atoms with Crippen LogP contribution in [0.15, 0.2) is 42.5 Å². The highest BCUT2D eigenvalue weighted by Crippen LogP contribution is 2.29. The van der Waals surface area contributed by atoms with Gasteiger partial charge in [-0.25, -0.2) is 14.2 Å². The summed E-state index contributed by atoms with van der Waals surface area (Å²) in [7, 11) is 0. The third kappa shape index (κ3) is 2.18. The van der Waals surface area contributed by atoms with E-state index in [4.69, 9.17) is 11.6 Å². The van der Waals surface area contributed by atoms with E-state index in [1.165, 1.54) is 18.2 Å². The molecule has 3 nitrogen and oxygen atoms in total. The molecular formula is C13H13F2N3. The lowest BCUT2D eigenvalue weighted by Crippen LogP contribution is -2.30. The lowest BCUT2D eigenvalue weighted by Gasteiger charge is -2.19. The first-order valence-electron chi connectivity index (χ1n) is 5.39. The number of hydrogen-bond acceptors (Lipinski definition) is 3. The van der Waals surface area contributed by atoms with Gasteiger partial charge in [0.05, 0.1) is 6.04 Å². The second-order valence-electron chi connectivity index (χ2n) is 3.86. The van der Waals surface area contributed by atoms with Gasteiger partial charge in [0, 0.05) is 11.3 Å². The molecule has 1 unspecified atom stereocenters. The van der Waals surface area contributed by atoms with E-state index in [1.54, 1.807) is 24.3 Å². The Bertz CT molecular complexity index is 537. The lowest BCUT2D eigenvalue weighted by atomic mass is 9.97. The third-order valence-electron chi connectivity index (χ3n) is 2.76. The number of halogens is 2. The zero-order valence-corrected chi connectivity index (χ0v) is 9.53. The smallest absolute Gasteiger partial charge is 0.131 e. The number of hydrogen-bond donors (Lipinski definition) is 3. The number of nitrogens with two attached hydrogens (primary N) is 2. The van der Waals surface area contributed by atoms with Crippen molar-refractivity contribution in [3.63, 3.8) is 0 Å². The van der Waals surface area contributed by atoms with Crippen LogP contribution in [0.25, 0.3) is 0 Å². The van der Waals surface area contributed by atoms with Gasteiger partial charge in [-0.1, -0.05) is 24.3 Å². The maximum Gasteiger partial charge on any atom is 0.131 e. The first kappa shape index (κ1) is 12.5. The molecule has 0 bridgehead atoms. The van der Waals surface area contributed by atoms with Gasteiger partial charge in [-0.2, -0.15) is 0 Å². The number of benzene rings is 2. The van der Waals surface area contributed by atoms with E-state index in [0.29, 0.717) is 11.3 Å². The zero-order chi connectivity index (χ0) is 13.1. The zero-order valence-electron chi connectivity index (χ0n) is 9.53. The van der Waals surface area contributed by atoms with Crippen LogP contribution >= 0.6 is 0 Å². The maximum atomic E-state index is 13.7. The highest BCUT2D eigenvalue weighted by molar-refractivity contribution is 5.51. The molecule has 0 aliphatic carbocycles. The SMILES string of the molecule is NNC(c1ccccc1N)c1c(F)cccc1F. The maximum absolute atomic E-state index is 13.7. The first-order valence-corrected chi connectivity index (χ1v) is 5.39. The van der Waals surface area contributed by atoms with Crippen LogP contribution < -0.4 is 17.0 Å². The monoisotopic (exact) mass is 249 g/mol. The Morgan fingerprint density at radius 3 is 2.11 bits per heavy atom. The molecule has 0 aliphatic rings. The summed E-state index contributed by atoms with van der Waals surface area (Å²) in [5.74, 6) is 4.07. The molecule has 0 heterocycles. The molecule has 0 saturated carbocycles. The summed E-state index contributed by atoms with van der Waals surface area (Å²) >= 11 is 0. The number of para-hydroxylation sites is 1. The van der Waals surface area contributed by atoms with Crippen molar-refractivity contribution in [3.8, 4) is 0 Å². The van der Waals surface area contributed by atoms with Crippen molar-refractivity contribution in [2.75, 3.05) is 5.73 Å². The molecular weight excluding hydrogens is 236 g/mol. The minimum Gasteiger partial charge on any atom is -0.398 e. The van der Waals surface area contributed by atoms with Gasteiger partial charge < -0.3 is 5.73 Å². The molecule has 2 aromatic carbocycles. The standard InChI is InChI=1S/C13H13F2N3/c14-9-5-3-6-10(15)12(9)13(18-17)8-4-1-2-7-11(8)16/h1-7,13,18H,16-17H2. The molecule has 0 fully saturated rings. The number of nitrogens with one attached hydrogen (secondary N) is 1. The molecule has 0 radical (unpaired) electrons. The van der Waals surface area contributed by atoms with Crippen LogP contribution in [-0.2, 0) is 0 Å². The Morgan fingerprint density at radius 2 is 1.56 bits per heavy atom. The Kier molecular flexibility index (Phi) is 3.55. The minimum absolute atomic E-state index is 0.141. The van der Waals surface area contributed by atoms with Gasteiger partial charge in [0.2, 0.25) is 0 Å². The summed E-state index contributed by atoms with van der Waals surface area (Å²) in [6.07, 6.45) is 0. The highest BCUT2D eigenvalue weighted by atomic mass is 19.1. The molecule has 5 N–H and O–H groups in total. The molecule has 2 aromatic rings. The third-order valence-corrected chi connectivity index (χ3v) is 2.76. The molecule has 0 aliphatic heterocycles. The van der Waals surface area contributed by atoms with Crippen LogP contribution in [0.3, 0.4) is 0 Å². The average molecular weight is 249 g/mol. The lowest BCUT2D eigenvalue weighted by molar-refractivity contribution is 0.511. The van der Waals surface area contributed by atoms with Crippen LogP contribution in [0, 0.1) is 11.6 Å². The number of anilines is 1. The van der Waals surface area contributed by atoms with Gasteiger partial charge in [0.1, 0.15) is 11.6 Å². The van der Waals surface area contributed by atoms with Crippen LogP contribution in [0.5, 0.6) is 0 Å². The first-order chi connectivity index (χ1) is 8.65. The average Bonchev–Trinajstić information content (AvgIpc) is 2.35. The summed E-state index contributed by atoms with van der Waals surface area (Å²) in [5.41, 5.74) is 9.00. The minimum atomic E-state index is -0.826. The van der Waals surface area contributed by atoms with Gasteiger partial charge >= 0.3 is 0 Å². The second kappa shape index (κ2) is 5.12.